The minimum absolute atomic E-state index is 0.193. The molecule has 1 atom stereocenters. The second-order valence-electron chi connectivity index (χ2n) is 8.60. The zero-order chi connectivity index (χ0) is 19.2. The zero-order valence-electron chi connectivity index (χ0n) is 16.0. The van der Waals surface area contributed by atoms with Gasteiger partial charge in [0.05, 0.1) is 12.0 Å². The van der Waals surface area contributed by atoms with E-state index in [0.29, 0.717) is 36.2 Å². The van der Waals surface area contributed by atoms with Gasteiger partial charge in [-0.15, -0.1) is 0 Å². The molecule has 1 amide bonds. The molecule has 1 heterocycles. The number of hydrogen-bond donors (Lipinski definition) is 2. The number of esters is 1. The van der Waals surface area contributed by atoms with Crippen molar-refractivity contribution in [3.63, 3.8) is 0 Å². The third kappa shape index (κ3) is 3.09. The average molecular weight is 374 g/mol. The van der Waals surface area contributed by atoms with E-state index in [4.69, 9.17) is 4.74 Å². The largest absolute Gasteiger partial charge is 0.466 e. The molecule has 0 aromatic heterocycles. The maximum atomic E-state index is 14.1. The van der Waals surface area contributed by atoms with Crippen molar-refractivity contribution in [3.8, 4) is 0 Å². The Morgan fingerprint density at radius 3 is 2.70 bits per heavy atom. The summed E-state index contributed by atoms with van der Waals surface area (Å²) in [5.41, 5.74) is 1.75. The van der Waals surface area contributed by atoms with E-state index in [9.17, 15) is 14.0 Å². The fourth-order valence-electron chi connectivity index (χ4n) is 5.13. The molecular formula is C21H27FN2O3. The summed E-state index contributed by atoms with van der Waals surface area (Å²) in [6.45, 7) is 4.27. The number of rotatable bonds is 5. The molecule has 1 aromatic carbocycles. The maximum Gasteiger partial charge on any atom is 0.313 e. The molecule has 6 heteroatoms. The van der Waals surface area contributed by atoms with Crippen LogP contribution in [-0.4, -0.2) is 31.1 Å². The van der Waals surface area contributed by atoms with Gasteiger partial charge in [-0.05, 0) is 62.6 Å². The number of carbonyl (C=O) groups excluding carboxylic acids is 2. The highest BCUT2D eigenvalue weighted by Gasteiger charge is 2.61. The topological polar surface area (TPSA) is 67.4 Å². The summed E-state index contributed by atoms with van der Waals surface area (Å²) in [6, 6.07) is 2.84. The van der Waals surface area contributed by atoms with E-state index in [1.54, 1.807) is 6.92 Å². The molecule has 0 bridgehead atoms. The van der Waals surface area contributed by atoms with Crippen molar-refractivity contribution in [2.75, 3.05) is 18.5 Å². The molecule has 0 saturated heterocycles. The minimum Gasteiger partial charge on any atom is -0.466 e. The average Bonchev–Trinajstić information content (AvgIpc) is 2.96. The Morgan fingerprint density at radius 2 is 2.07 bits per heavy atom. The van der Waals surface area contributed by atoms with Crippen LogP contribution in [0, 0.1) is 23.6 Å². The van der Waals surface area contributed by atoms with Crippen molar-refractivity contribution in [1.29, 1.82) is 0 Å². The number of carbonyl (C=O) groups is 2. The molecule has 4 rings (SSSR count). The van der Waals surface area contributed by atoms with Gasteiger partial charge in [-0.2, -0.15) is 0 Å². The highest BCUT2D eigenvalue weighted by atomic mass is 19.1. The number of amides is 1. The van der Waals surface area contributed by atoms with Gasteiger partial charge in [-0.1, -0.05) is 6.42 Å². The fourth-order valence-corrected chi connectivity index (χ4v) is 5.13. The number of fused-ring (bicyclic) bond motifs is 1. The van der Waals surface area contributed by atoms with E-state index in [1.165, 1.54) is 25.3 Å². The van der Waals surface area contributed by atoms with Crippen molar-refractivity contribution in [2.24, 2.45) is 10.8 Å². The van der Waals surface area contributed by atoms with Crippen molar-refractivity contribution in [1.82, 2.24) is 5.32 Å². The van der Waals surface area contributed by atoms with Crippen molar-refractivity contribution in [3.05, 3.63) is 29.1 Å². The molecule has 27 heavy (non-hydrogen) atoms. The highest BCUT2D eigenvalue weighted by Crippen LogP contribution is 2.64. The van der Waals surface area contributed by atoms with E-state index in [-0.39, 0.29) is 17.7 Å². The number of nitrogens with one attached hydrogen (secondary N) is 2. The van der Waals surface area contributed by atoms with Gasteiger partial charge in [0.1, 0.15) is 11.9 Å². The van der Waals surface area contributed by atoms with Crippen LogP contribution < -0.4 is 10.6 Å². The quantitative estimate of drug-likeness (QED) is 0.777. The third-order valence-corrected chi connectivity index (χ3v) is 6.54. The van der Waals surface area contributed by atoms with E-state index < -0.39 is 11.5 Å². The molecule has 1 spiro atoms. The SMILES string of the molecule is CCOC(=O)C1(CNC(=O)C2Cc3c(F)cc(C)cc3N2)CC2(CCC2)C1. The fraction of sp³-hybridized carbons (Fsp3) is 0.619. The van der Waals surface area contributed by atoms with Crippen LogP contribution in [0.2, 0.25) is 0 Å². The monoisotopic (exact) mass is 374 g/mol. The molecule has 5 nitrogen and oxygen atoms in total. The summed E-state index contributed by atoms with van der Waals surface area (Å²) in [7, 11) is 0. The Balaban J connectivity index is 1.39. The van der Waals surface area contributed by atoms with Gasteiger partial charge in [-0.3, -0.25) is 9.59 Å². The number of ether oxygens (including phenoxy) is 1. The Bertz CT molecular complexity index is 780. The van der Waals surface area contributed by atoms with Crippen LogP contribution in [0.1, 0.15) is 50.2 Å². The summed E-state index contributed by atoms with van der Waals surface area (Å²) < 4.78 is 19.4. The van der Waals surface area contributed by atoms with Gasteiger partial charge >= 0.3 is 5.97 Å². The van der Waals surface area contributed by atoms with E-state index in [1.807, 2.05) is 13.0 Å². The zero-order valence-corrected chi connectivity index (χ0v) is 16.0. The van der Waals surface area contributed by atoms with E-state index in [2.05, 4.69) is 10.6 Å². The first-order valence-corrected chi connectivity index (χ1v) is 9.87. The normalized spacial score (nSPS) is 23.6. The van der Waals surface area contributed by atoms with E-state index in [0.717, 1.165) is 18.4 Å². The first-order chi connectivity index (χ1) is 12.9. The Kier molecular flexibility index (Phi) is 4.40. The predicted octanol–water partition coefficient (Wildman–Crippen LogP) is 3.10. The molecule has 1 aliphatic heterocycles. The summed E-state index contributed by atoms with van der Waals surface area (Å²) in [5, 5.41) is 6.05. The molecule has 2 saturated carbocycles. The number of benzene rings is 1. The first kappa shape index (κ1) is 18.3. The van der Waals surface area contributed by atoms with Crippen LogP contribution in [0.25, 0.3) is 0 Å². The van der Waals surface area contributed by atoms with Crippen LogP contribution in [-0.2, 0) is 20.7 Å². The molecule has 146 valence electrons. The van der Waals surface area contributed by atoms with Gasteiger partial charge in [0.2, 0.25) is 5.91 Å². The maximum absolute atomic E-state index is 14.1. The van der Waals surface area contributed by atoms with Gasteiger partial charge in [0.15, 0.2) is 0 Å². The lowest BCUT2D eigenvalue weighted by Crippen LogP contribution is -2.60. The van der Waals surface area contributed by atoms with Crippen molar-refractivity contribution >= 4 is 17.6 Å². The van der Waals surface area contributed by atoms with Crippen LogP contribution in [0.3, 0.4) is 0 Å². The molecule has 0 radical (unpaired) electrons. The van der Waals surface area contributed by atoms with Crippen LogP contribution in [0.4, 0.5) is 10.1 Å². The molecule has 1 aromatic rings. The lowest BCUT2D eigenvalue weighted by atomic mass is 9.45. The Labute approximate surface area is 159 Å². The second kappa shape index (κ2) is 6.50. The second-order valence-corrected chi connectivity index (χ2v) is 8.60. The first-order valence-electron chi connectivity index (χ1n) is 9.87. The third-order valence-electron chi connectivity index (χ3n) is 6.54. The number of anilines is 1. The minimum atomic E-state index is -0.598. The van der Waals surface area contributed by atoms with Gasteiger partial charge < -0.3 is 15.4 Å². The van der Waals surface area contributed by atoms with Crippen LogP contribution in [0.5, 0.6) is 0 Å². The van der Waals surface area contributed by atoms with Crippen molar-refractivity contribution < 1.29 is 18.7 Å². The predicted molar refractivity (Wildman–Crippen MR) is 99.8 cm³/mol. The van der Waals surface area contributed by atoms with Gasteiger partial charge in [-0.25, -0.2) is 4.39 Å². The van der Waals surface area contributed by atoms with Crippen LogP contribution >= 0.6 is 0 Å². The number of aryl methyl sites for hydroxylation is 1. The van der Waals surface area contributed by atoms with Gasteiger partial charge in [0.25, 0.3) is 0 Å². The standard InChI is InChI=1S/C21H27FN2O3/c1-3-27-19(26)21(10-20(11-21)5-4-6-20)12-23-18(25)17-9-14-15(22)7-13(2)8-16(14)24-17/h7-8,17,24H,3-6,9-12H2,1-2H3,(H,23,25). The number of halogens is 1. The lowest BCUT2D eigenvalue weighted by molar-refractivity contribution is -0.180. The summed E-state index contributed by atoms with van der Waals surface area (Å²) in [6.07, 6.45) is 5.47. The Hall–Kier alpha value is -2.11. The number of hydrogen-bond acceptors (Lipinski definition) is 4. The summed E-state index contributed by atoms with van der Waals surface area (Å²) in [5.74, 6) is -0.671. The lowest BCUT2D eigenvalue weighted by Gasteiger charge is -2.59. The van der Waals surface area contributed by atoms with Crippen LogP contribution in [0.15, 0.2) is 12.1 Å². The summed E-state index contributed by atoms with van der Waals surface area (Å²) in [4.78, 5) is 25.2. The smallest absolute Gasteiger partial charge is 0.313 e. The molecule has 2 fully saturated rings. The van der Waals surface area contributed by atoms with Crippen molar-refractivity contribution in [2.45, 2.75) is 58.4 Å². The van der Waals surface area contributed by atoms with Gasteiger partial charge in [0, 0.05) is 24.2 Å². The molecular weight excluding hydrogens is 347 g/mol. The molecule has 2 N–H and O–H groups in total. The van der Waals surface area contributed by atoms with E-state index >= 15 is 0 Å². The molecule has 1 unspecified atom stereocenters. The Morgan fingerprint density at radius 1 is 1.33 bits per heavy atom. The molecule has 3 aliphatic rings. The highest BCUT2D eigenvalue weighted by molar-refractivity contribution is 5.88. The summed E-state index contributed by atoms with van der Waals surface area (Å²) >= 11 is 0. The molecule has 2 aliphatic carbocycles.